The lowest BCUT2D eigenvalue weighted by Crippen LogP contribution is -2.54. The Morgan fingerprint density at radius 3 is 1.75 bits per heavy atom. The molecule has 1 aromatic carbocycles. The number of carbonyl (C=O) groups excluding carboxylic acids is 3. The van der Waals surface area contributed by atoms with Crippen LogP contribution < -0.4 is 4.72 Å². The van der Waals surface area contributed by atoms with Gasteiger partial charge in [-0.05, 0) is 44.2 Å². The number of sulfonamides is 1. The van der Waals surface area contributed by atoms with E-state index in [4.69, 9.17) is 0 Å². The zero-order valence-corrected chi connectivity index (χ0v) is 16.6. The number of amides is 3. The molecule has 3 rings (SSSR count). The van der Waals surface area contributed by atoms with Gasteiger partial charge in [-0.25, -0.2) is 13.1 Å². The van der Waals surface area contributed by atoms with Crippen LogP contribution in [0.2, 0.25) is 0 Å². The fraction of sp³-hybridized carbons (Fsp3) is 0.500. The van der Waals surface area contributed by atoms with Gasteiger partial charge in [0.05, 0.1) is 4.90 Å². The van der Waals surface area contributed by atoms with Gasteiger partial charge in [-0.3, -0.25) is 14.4 Å². The van der Waals surface area contributed by atoms with Crippen LogP contribution in [0.3, 0.4) is 0 Å². The number of nitrogens with one attached hydrogen (secondary N) is 1. The second-order valence-electron chi connectivity index (χ2n) is 6.82. The molecule has 1 N–H and O–H groups in total. The van der Waals surface area contributed by atoms with Crippen LogP contribution >= 0.6 is 0 Å². The zero-order valence-electron chi connectivity index (χ0n) is 15.8. The van der Waals surface area contributed by atoms with Gasteiger partial charge in [-0.1, -0.05) is 0 Å². The summed E-state index contributed by atoms with van der Waals surface area (Å²) >= 11 is 0. The molecule has 0 atom stereocenters. The number of benzene rings is 1. The highest BCUT2D eigenvalue weighted by Crippen LogP contribution is 2.14. The maximum atomic E-state index is 12.6. The number of nitrogens with zero attached hydrogens (tertiary/aromatic N) is 3. The fourth-order valence-corrected chi connectivity index (χ4v) is 4.11. The van der Waals surface area contributed by atoms with E-state index in [9.17, 15) is 22.8 Å². The van der Waals surface area contributed by atoms with E-state index in [-0.39, 0.29) is 10.8 Å². The largest absolute Gasteiger partial charge is 0.335 e. The second kappa shape index (κ2) is 8.27. The highest BCUT2D eigenvalue weighted by molar-refractivity contribution is 7.89. The molecular weight excluding hydrogens is 384 g/mol. The minimum absolute atomic E-state index is 0.0855. The first kappa shape index (κ1) is 20.3. The van der Waals surface area contributed by atoms with Crippen molar-refractivity contribution in [1.82, 2.24) is 19.4 Å². The lowest BCUT2D eigenvalue weighted by Gasteiger charge is -2.35. The molecule has 0 radical (unpaired) electrons. The molecule has 0 spiro atoms. The molecule has 1 aromatic rings. The molecule has 2 fully saturated rings. The van der Waals surface area contributed by atoms with E-state index in [1.807, 2.05) is 0 Å². The van der Waals surface area contributed by atoms with Crippen LogP contribution in [0.1, 0.15) is 23.2 Å². The monoisotopic (exact) mass is 408 g/mol. The first-order valence-electron chi connectivity index (χ1n) is 9.24. The lowest BCUT2D eigenvalue weighted by molar-refractivity contribution is -0.152. The molecule has 3 amide bonds. The van der Waals surface area contributed by atoms with Gasteiger partial charge in [0.1, 0.15) is 0 Å². The smallest absolute Gasteiger partial charge is 0.312 e. The molecule has 2 aliphatic heterocycles. The normalized spacial score (nSPS) is 17.7. The summed E-state index contributed by atoms with van der Waals surface area (Å²) in [6, 6.07) is 5.71. The van der Waals surface area contributed by atoms with Crippen molar-refractivity contribution >= 4 is 27.7 Å². The summed E-state index contributed by atoms with van der Waals surface area (Å²) in [6.07, 6.45) is 1.85. The molecular formula is C18H24N4O5S. The van der Waals surface area contributed by atoms with Crippen molar-refractivity contribution in [2.24, 2.45) is 0 Å². The van der Waals surface area contributed by atoms with Gasteiger partial charge >= 0.3 is 11.8 Å². The van der Waals surface area contributed by atoms with Crippen molar-refractivity contribution in [3.05, 3.63) is 29.8 Å². The van der Waals surface area contributed by atoms with Gasteiger partial charge < -0.3 is 14.7 Å². The Bertz CT molecular complexity index is 854. The third-order valence-corrected chi connectivity index (χ3v) is 6.54. The van der Waals surface area contributed by atoms with E-state index in [0.29, 0.717) is 44.8 Å². The second-order valence-corrected chi connectivity index (χ2v) is 8.70. The zero-order chi connectivity index (χ0) is 20.3. The van der Waals surface area contributed by atoms with Gasteiger partial charge in [0.15, 0.2) is 0 Å². The van der Waals surface area contributed by atoms with Gasteiger partial charge in [0.2, 0.25) is 10.0 Å². The van der Waals surface area contributed by atoms with Crippen molar-refractivity contribution < 1.29 is 22.8 Å². The van der Waals surface area contributed by atoms with Crippen molar-refractivity contribution in [1.29, 1.82) is 0 Å². The van der Waals surface area contributed by atoms with Crippen molar-refractivity contribution in [3.8, 4) is 0 Å². The van der Waals surface area contributed by atoms with Gasteiger partial charge in [0.25, 0.3) is 5.91 Å². The van der Waals surface area contributed by atoms with E-state index >= 15 is 0 Å². The summed E-state index contributed by atoms with van der Waals surface area (Å²) in [5.41, 5.74) is 0.378. The Morgan fingerprint density at radius 1 is 0.786 bits per heavy atom. The minimum Gasteiger partial charge on any atom is -0.335 e. The molecule has 2 aliphatic rings. The molecule has 2 saturated heterocycles. The first-order valence-corrected chi connectivity index (χ1v) is 10.7. The van der Waals surface area contributed by atoms with Crippen molar-refractivity contribution in [3.63, 3.8) is 0 Å². The maximum Gasteiger partial charge on any atom is 0.312 e. The van der Waals surface area contributed by atoms with Crippen molar-refractivity contribution in [2.45, 2.75) is 17.7 Å². The SMILES string of the molecule is CNS(=O)(=O)c1ccc(C(=O)N2CCN(C(=O)C(=O)N3CCCC3)CC2)cc1. The van der Waals surface area contributed by atoms with E-state index in [2.05, 4.69) is 4.72 Å². The molecule has 9 nitrogen and oxygen atoms in total. The number of rotatable bonds is 3. The number of carbonyl (C=O) groups is 3. The average molecular weight is 408 g/mol. The van der Waals surface area contributed by atoms with Crippen LogP contribution in [0.15, 0.2) is 29.2 Å². The van der Waals surface area contributed by atoms with Gasteiger partial charge in [-0.2, -0.15) is 0 Å². The topological polar surface area (TPSA) is 107 Å². The Hall–Kier alpha value is -2.46. The maximum absolute atomic E-state index is 12.6. The number of piperazine rings is 1. The molecule has 0 saturated carbocycles. The van der Waals surface area contributed by atoms with E-state index in [1.165, 1.54) is 36.2 Å². The highest BCUT2D eigenvalue weighted by Gasteiger charge is 2.32. The van der Waals surface area contributed by atoms with Crippen LogP contribution in [0.4, 0.5) is 0 Å². The van der Waals surface area contributed by atoms with Crippen LogP contribution in [0.25, 0.3) is 0 Å². The molecule has 0 aromatic heterocycles. The molecule has 10 heteroatoms. The molecule has 0 aliphatic carbocycles. The van der Waals surface area contributed by atoms with Crippen LogP contribution in [0, 0.1) is 0 Å². The molecule has 28 heavy (non-hydrogen) atoms. The quantitative estimate of drug-likeness (QED) is 0.679. The fourth-order valence-electron chi connectivity index (χ4n) is 3.38. The number of hydrogen-bond acceptors (Lipinski definition) is 5. The molecule has 0 bridgehead atoms. The summed E-state index contributed by atoms with van der Waals surface area (Å²) in [7, 11) is -2.23. The van der Waals surface area contributed by atoms with Gasteiger partial charge in [0, 0.05) is 44.8 Å². The van der Waals surface area contributed by atoms with Gasteiger partial charge in [-0.15, -0.1) is 0 Å². The Kier molecular flexibility index (Phi) is 5.99. The van der Waals surface area contributed by atoms with Crippen LogP contribution in [-0.4, -0.2) is 87.2 Å². The first-order chi connectivity index (χ1) is 13.3. The molecule has 0 unspecified atom stereocenters. The molecule has 152 valence electrons. The Morgan fingerprint density at radius 2 is 1.25 bits per heavy atom. The lowest BCUT2D eigenvalue weighted by atomic mass is 10.2. The predicted octanol–water partition coefficient (Wildman–Crippen LogP) is -0.498. The number of hydrogen-bond donors (Lipinski definition) is 1. The third-order valence-electron chi connectivity index (χ3n) is 5.11. The number of likely N-dealkylation sites (tertiary alicyclic amines) is 1. The Labute approximate surface area is 164 Å². The van der Waals surface area contributed by atoms with Crippen LogP contribution in [-0.2, 0) is 19.6 Å². The minimum atomic E-state index is -3.55. The average Bonchev–Trinajstić information content (AvgIpc) is 3.27. The van der Waals surface area contributed by atoms with E-state index < -0.39 is 21.8 Å². The standard InChI is InChI=1S/C18H24N4O5S/c1-19-28(26,27)15-6-4-14(5-7-15)16(23)21-10-12-22(13-11-21)18(25)17(24)20-8-2-3-9-20/h4-7,19H,2-3,8-13H2,1H3. The summed E-state index contributed by atoms with van der Waals surface area (Å²) in [6.45, 7) is 2.51. The summed E-state index contributed by atoms with van der Waals surface area (Å²) in [4.78, 5) is 42.0. The van der Waals surface area contributed by atoms with Crippen LogP contribution in [0.5, 0.6) is 0 Å². The van der Waals surface area contributed by atoms with E-state index in [0.717, 1.165) is 12.8 Å². The Balaban J connectivity index is 1.57. The summed E-state index contributed by atoms with van der Waals surface area (Å²) in [5.74, 6) is -1.19. The highest BCUT2D eigenvalue weighted by atomic mass is 32.2. The predicted molar refractivity (Wildman–Crippen MR) is 101 cm³/mol. The van der Waals surface area contributed by atoms with Crippen molar-refractivity contribution in [2.75, 3.05) is 46.3 Å². The summed E-state index contributed by atoms with van der Waals surface area (Å²) in [5, 5.41) is 0. The summed E-state index contributed by atoms with van der Waals surface area (Å²) < 4.78 is 25.7. The molecule has 2 heterocycles. The third kappa shape index (κ3) is 4.17. The van der Waals surface area contributed by atoms with E-state index in [1.54, 1.807) is 9.80 Å².